The lowest BCUT2D eigenvalue weighted by molar-refractivity contribution is 0.296. The summed E-state index contributed by atoms with van der Waals surface area (Å²) in [6.45, 7) is 17.7. The van der Waals surface area contributed by atoms with Gasteiger partial charge in [0.25, 0.3) is 0 Å². The summed E-state index contributed by atoms with van der Waals surface area (Å²) >= 11 is 0. The molecule has 138 valence electrons. The summed E-state index contributed by atoms with van der Waals surface area (Å²) < 4.78 is 0. The number of halogens is 1. The van der Waals surface area contributed by atoms with E-state index in [2.05, 4.69) is 86.3 Å². The van der Waals surface area contributed by atoms with Crippen LogP contribution in [0.15, 0.2) is 29.3 Å². The highest BCUT2D eigenvalue weighted by atomic mass is 127. The quantitative estimate of drug-likeness (QED) is 0.378. The van der Waals surface area contributed by atoms with Crippen LogP contribution in [0, 0.1) is 0 Å². The number of benzene rings is 1. The summed E-state index contributed by atoms with van der Waals surface area (Å²) in [6, 6.07) is 8.80. The van der Waals surface area contributed by atoms with E-state index in [1.165, 1.54) is 11.1 Å². The SMILES string of the molecule is CCNC(=NCc1ccc(CN(CC)CC)cc1)NC(C)(C)C.I. The smallest absolute Gasteiger partial charge is 0.191 e. The first-order chi connectivity index (χ1) is 10.9. The predicted octanol–water partition coefficient (Wildman–Crippen LogP) is 4.00. The summed E-state index contributed by atoms with van der Waals surface area (Å²) in [5.74, 6) is 0.868. The highest BCUT2D eigenvalue weighted by Gasteiger charge is 2.11. The van der Waals surface area contributed by atoms with Crippen molar-refractivity contribution in [2.24, 2.45) is 4.99 Å². The van der Waals surface area contributed by atoms with Gasteiger partial charge in [-0.3, -0.25) is 4.90 Å². The number of aliphatic imine (C=N–C) groups is 1. The van der Waals surface area contributed by atoms with E-state index >= 15 is 0 Å². The Morgan fingerprint density at radius 3 is 2.00 bits per heavy atom. The molecule has 4 nitrogen and oxygen atoms in total. The van der Waals surface area contributed by atoms with Gasteiger partial charge in [-0.1, -0.05) is 38.1 Å². The average molecular weight is 446 g/mol. The second kappa shape index (κ2) is 11.7. The fourth-order valence-corrected chi connectivity index (χ4v) is 2.29. The summed E-state index contributed by atoms with van der Waals surface area (Å²) in [5, 5.41) is 6.71. The molecule has 1 aromatic rings. The van der Waals surface area contributed by atoms with Crippen molar-refractivity contribution < 1.29 is 0 Å². The third-order valence-electron chi connectivity index (χ3n) is 3.58. The fourth-order valence-electron chi connectivity index (χ4n) is 2.29. The Balaban J connectivity index is 0.00000529. The van der Waals surface area contributed by atoms with Crippen molar-refractivity contribution in [3.63, 3.8) is 0 Å². The van der Waals surface area contributed by atoms with E-state index in [0.717, 1.165) is 32.1 Å². The lowest BCUT2D eigenvalue weighted by Gasteiger charge is -2.23. The molecule has 0 aliphatic rings. The van der Waals surface area contributed by atoms with Gasteiger partial charge in [0.2, 0.25) is 0 Å². The van der Waals surface area contributed by atoms with Crippen molar-refractivity contribution in [3.8, 4) is 0 Å². The molecule has 24 heavy (non-hydrogen) atoms. The Morgan fingerprint density at radius 2 is 1.54 bits per heavy atom. The molecule has 0 atom stereocenters. The number of rotatable bonds is 7. The molecule has 0 aliphatic heterocycles. The van der Waals surface area contributed by atoms with Gasteiger partial charge < -0.3 is 10.6 Å². The molecule has 1 rings (SSSR count). The molecule has 0 spiro atoms. The Labute approximate surface area is 165 Å². The molecule has 2 N–H and O–H groups in total. The zero-order valence-corrected chi connectivity index (χ0v) is 18.5. The van der Waals surface area contributed by atoms with Crippen LogP contribution in [0.4, 0.5) is 0 Å². The van der Waals surface area contributed by atoms with Gasteiger partial charge in [-0.15, -0.1) is 24.0 Å². The van der Waals surface area contributed by atoms with Crippen molar-refractivity contribution in [1.29, 1.82) is 0 Å². The van der Waals surface area contributed by atoms with Gasteiger partial charge >= 0.3 is 0 Å². The maximum absolute atomic E-state index is 4.68. The minimum atomic E-state index is 0. The molecule has 0 heterocycles. The number of guanidine groups is 1. The Bertz CT molecular complexity index is 473. The zero-order valence-electron chi connectivity index (χ0n) is 16.1. The van der Waals surface area contributed by atoms with Crippen LogP contribution < -0.4 is 10.6 Å². The Kier molecular flexibility index (Phi) is 11.3. The van der Waals surface area contributed by atoms with Crippen LogP contribution in [0.3, 0.4) is 0 Å². The van der Waals surface area contributed by atoms with E-state index in [0.29, 0.717) is 6.54 Å². The summed E-state index contributed by atoms with van der Waals surface area (Å²) in [4.78, 5) is 7.10. The topological polar surface area (TPSA) is 39.7 Å². The lowest BCUT2D eigenvalue weighted by atomic mass is 10.1. The van der Waals surface area contributed by atoms with Gasteiger partial charge in [-0.25, -0.2) is 4.99 Å². The van der Waals surface area contributed by atoms with Crippen LogP contribution in [0.5, 0.6) is 0 Å². The van der Waals surface area contributed by atoms with Crippen molar-refractivity contribution in [1.82, 2.24) is 15.5 Å². The molecule has 0 saturated carbocycles. The van der Waals surface area contributed by atoms with Gasteiger partial charge in [0.15, 0.2) is 5.96 Å². The largest absolute Gasteiger partial charge is 0.357 e. The number of hydrogen-bond acceptors (Lipinski definition) is 2. The fraction of sp³-hybridized carbons (Fsp3) is 0.632. The first-order valence-corrected chi connectivity index (χ1v) is 8.74. The van der Waals surface area contributed by atoms with Crippen molar-refractivity contribution in [2.75, 3.05) is 19.6 Å². The number of hydrogen-bond donors (Lipinski definition) is 2. The maximum Gasteiger partial charge on any atom is 0.191 e. The maximum atomic E-state index is 4.68. The molecule has 0 unspecified atom stereocenters. The van der Waals surface area contributed by atoms with E-state index in [1.54, 1.807) is 0 Å². The highest BCUT2D eigenvalue weighted by molar-refractivity contribution is 14.0. The van der Waals surface area contributed by atoms with Crippen LogP contribution in [0.25, 0.3) is 0 Å². The van der Waals surface area contributed by atoms with E-state index in [9.17, 15) is 0 Å². The van der Waals surface area contributed by atoms with Crippen LogP contribution in [-0.4, -0.2) is 36.0 Å². The lowest BCUT2D eigenvalue weighted by Crippen LogP contribution is -2.47. The molecule has 0 saturated heterocycles. The van der Waals surface area contributed by atoms with E-state index in [4.69, 9.17) is 0 Å². The first-order valence-electron chi connectivity index (χ1n) is 8.74. The molecule has 0 aliphatic carbocycles. The molecule has 1 aromatic carbocycles. The molecule has 0 amide bonds. The average Bonchev–Trinajstić information content (AvgIpc) is 2.50. The molecular weight excluding hydrogens is 411 g/mol. The second-order valence-corrected chi connectivity index (χ2v) is 6.85. The van der Waals surface area contributed by atoms with Crippen molar-refractivity contribution in [3.05, 3.63) is 35.4 Å². The highest BCUT2D eigenvalue weighted by Crippen LogP contribution is 2.09. The third kappa shape index (κ3) is 9.47. The first kappa shape index (κ1) is 23.2. The van der Waals surface area contributed by atoms with Crippen molar-refractivity contribution in [2.45, 2.75) is 60.2 Å². The molecule has 0 radical (unpaired) electrons. The summed E-state index contributed by atoms with van der Waals surface area (Å²) in [7, 11) is 0. The summed E-state index contributed by atoms with van der Waals surface area (Å²) in [5.41, 5.74) is 2.61. The second-order valence-electron chi connectivity index (χ2n) is 6.85. The molecule has 0 aromatic heterocycles. The minimum Gasteiger partial charge on any atom is -0.357 e. The van der Waals surface area contributed by atoms with E-state index in [1.807, 2.05) is 0 Å². The van der Waals surface area contributed by atoms with Crippen LogP contribution in [0.1, 0.15) is 52.7 Å². The van der Waals surface area contributed by atoms with Crippen LogP contribution >= 0.6 is 24.0 Å². The van der Waals surface area contributed by atoms with Crippen LogP contribution in [0.2, 0.25) is 0 Å². The monoisotopic (exact) mass is 446 g/mol. The standard InChI is InChI=1S/C19H34N4.HI/c1-7-20-18(22-19(4,5)6)21-14-16-10-12-17(13-11-16)15-23(8-2)9-3;/h10-13H,7-9,14-15H2,1-6H3,(H2,20,21,22);1H. The molecular formula is C19H35IN4. The summed E-state index contributed by atoms with van der Waals surface area (Å²) in [6.07, 6.45) is 0. The predicted molar refractivity (Wildman–Crippen MR) is 116 cm³/mol. The minimum absolute atomic E-state index is 0. The van der Waals surface area contributed by atoms with Gasteiger partial charge in [-0.2, -0.15) is 0 Å². The van der Waals surface area contributed by atoms with Crippen molar-refractivity contribution >= 4 is 29.9 Å². The molecule has 5 heteroatoms. The Hall–Kier alpha value is -0.820. The Morgan fingerprint density at radius 1 is 1.00 bits per heavy atom. The van der Waals surface area contributed by atoms with Gasteiger partial charge in [0, 0.05) is 18.6 Å². The molecule has 0 bridgehead atoms. The van der Waals surface area contributed by atoms with Gasteiger partial charge in [-0.05, 0) is 51.9 Å². The van der Waals surface area contributed by atoms with Crippen LogP contribution in [-0.2, 0) is 13.1 Å². The van der Waals surface area contributed by atoms with E-state index < -0.39 is 0 Å². The van der Waals surface area contributed by atoms with Gasteiger partial charge in [0.1, 0.15) is 0 Å². The van der Waals surface area contributed by atoms with Gasteiger partial charge in [0.05, 0.1) is 6.54 Å². The normalized spacial score (nSPS) is 12.0. The van der Waals surface area contributed by atoms with E-state index in [-0.39, 0.29) is 29.5 Å². The number of nitrogens with one attached hydrogen (secondary N) is 2. The number of nitrogens with zero attached hydrogens (tertiary/aromatic N) is 2. The third-order valence-corrected chi connectivity index (χ3v) is 3.58. The molecule has 0 fully saturated rings. The zero-order chi connectivity index (χ0) is 17.3.